The molecule has 0 saturated heterocycles. The lowest BCUT2D eigenvalue weighted by molar-refractivity contribution is 0.485. The van der Waals surface area contributed by atoms with Crippen molar-refractivity contribution in [1.29, 1.82) is 10.5 Å². The molecule has 0 N–H and O–H groups in total. The van der Waals surface area contributed by atoms with Gasteiger partial charge in [-0.15, -0.1) is 0 Å². The number of benzene rings is 2. The van der Waals surface area contributed by atoms with Gasteiger partial charge in [0.25, 0.3) is 0 Å². The van der Waals surface area contributed by atoms with Gasteiger partial charge < -0.3 is 4.18 Å². The topological polar surface area (TPSA) is 90.9 Å². The predicted molar refractivity (Wildman–Crippen MR) is 84.6 cm³/mol. The Morgan fingerprint density at radius 1 is 1.04 bits per heavy atom. The SMILES string of the molecule is Cc1ccc(S(=O)(=O)Oc2ccccc2C=C(C#N)C#N)cc1. The predicted octanol–water partition coefficient (Wildman–Crippen LogP) is 3.19. The number of para-hydroxylation sites is 1. The second-order valence-corrected chi connectivity index (χ2v) is 6.22. The van der Waals surface area contributed by atoms with E-state index in [0.29, 0.717) is 5.56 Å². The van der Waals surface area contributed by atoms with Gasteiger partial charge in [0.15, 0.2) is 0 Å². The van der Waals surface area contributed by atoms with Crippen LogP contribution in [0.3, 0.4) is 0 Å². The Labute approximate surface area is 134 Å². The largest absolute Gasteiger partial charge is 0.378 e. The second-order valence-electron chi connectivity index (χ2n) is 4.67. The van der Waals surface area contributed by atoms with Crippen LogP contribution in [0.15, 0.2) is 59.0 Å². The van der Waals surface area contributed by atoms with E-state index in [2.05, 4.69) is 0 Å². The highest BCUT2D eigenvalue weighted by Crippen LogP contribution is 2.25. The molecular weight excluding hydrogens is 312 g/mol. The maximum Gasteiger partial charge on any atom is 0.339 e. The van der Waals surface area contributed by atoms with Crippen LogP contribution >= 0.6 is 0 Å². The molecule has 0 aliphatic carbocycles. The number of nitrogens with zero attached hydrogens (tertiary/aromatic N) is 2. The Bertz CT molecular complexity index is 915. The number of aryl methyl sites for hydroxylation is 1. The zero-order chi connectivity index (χ0) is 16.9. The number of hydrogen-bond acceptors (Lipinski definition) is 5. The van der Waals surface area contributed by atoms with Crippen LogP contribution in [0.2, 0.25) is 0 Å². The molecule has 0 heterocycles. The molecule has 114 valence electrons. The summed E-state index contributed by atoms with van der Waals surface area (Å²) in [7, 11) is -4.00. The molecule has 0 fully saturated rings. The average Bonchev–Trinajstić information content (AvgIpc) is 2.54. The van der Waals surface area contributed by atoms with E-state index >= 15 is 0 Å². The fraction of sp³-hybridized carbons (Fsp3) is 0.0588. The molecular formula is C17H12N2O3S. The first-order valence-electron chi connectivity index (χ1n) is 6.58. The summed E-state index contributed by atoms with van der Waals surface area (Å²) in [4.78, 5) is 0.0303. The molecule has 0 spiro atoms. The van der Waals surface area contributed by atoms with Crippen LogP contribution < -0.4 is 4.18 Å². The summed E-state index contributed by atoms with van der Waals surface area (Å²) in [6.45, 7) is 1.85. The Hall–Kier alpha value is -3.09. The monoisotopic (exact) mass is 324 g/mol. The molecule has 0 aliphatic heterocycles. The molecule has 5 nitrogen and oxygen atoms in total. The second kappa shape index (κ2) is 6.78. The van der Waals surface area contributed by atoms with Crippen molar-refractivity contribution >= 4 is 16.2 Å². The van der Waals surface area contributed by atoms with Crippen molar-refractivity contribution < 1.29 is 12.6 Å². The standard InChI is InChI=1S/C17H12N2O3S/c1-13-6-8-16(9-7-13)23(20,21)22-17-5-3-2-4-15(17)10-14(11-18)12-19/h2-10H,1H3. The van der Waals surface area contributed by atoms with Crippen LogP contribution in [0, 0.1) is 29.6 Å². The zero-order valence-electron chi connectivity index (χ0n) is 12.2. The van der Waals surface area contributed by atoms with Gasteiger partial charge in [-0.05, 0) is 31.2 Å². The lowest BCUT2D eigenvalue weighted by atomic mass is 10.1. The lowest BCUT2D eigenvalue weighted by Crippen LogP contribution is -2.10. The molecule has 23 heavy (non-hydrogen) atoms. The first kappa shape index (κ1) is 16.3. The van der Waals surface area contributed by atoms with Gasteiger partial charge in [-0.25, -0.2) is 0 Å². The summed E-state index contributed by atoms with van der Waals surface area (Å²) in [5.74, 6) is 0.0519. The third-order valence-corrected chi connectivity index (χ3v) is 4.22. The van der Waals surface area contributed by atoms with Gasteiger partial charge in [-0.3, -0.25) is 0 Å². The van der Waals surface area contributed by atoms with E-state index < -0.39 is 10.1 Å². The molecule has 0 aliphatic rings. The van der Waals surface area contributed by atoms with Crippen molar-refractivity contribution in [1.82, 2.24) is 0 Å². The zero-order valence-corrected chi connectivity index (χ0v) is 13.0. The van der Waals surface area contributed by atoms with Gasteiger partial charge in [-0.1, -0.05) is 35.9 Å². The van der Waals surface area contributed by atoms with Gasteiger partial charge in [-0.2, -0.15) is 18.9 Å². The summed E-state index contributed by atoms with van der Waals surface area (Å²) < 4.78 is 29.8. The maximum absolute atomic E-state index is 12.3. The molecule has 0 unspecified atom stereocenters. The number of rotatable bonds is 4. The third-order valence-electron chi connectivity index (χ3n) is 2.97. The van der Waals surface area contributed by atoms with Crippen LogP contribution in [0.4, 0.5) is 0 Å². The highest BCUT2D eigenvalue weighted by atomic mass is 32.2. The molecule has 2 rings (SSSR count). The van der Waals surface area contributed by atoms with Crippen LogP contribution in [0.1, 0.15) is 11.1 Å². The van der Waals surface area contributed by atoms with Gasteiger partial charge in [0.1, 0.15) is 28.4 Å². The van der Waals surface area contributed by atoms with Crippen LogP contribution in [0.25, 0.3) is 6.08 Å². The Balaban J connectivity index is 2.41. The van der Waals surface area contributed by atoms with Crippen molar-refractivity contribution in [3.05, 3.63) is 65.2 Å². The van der Waals surface area contributed by atoms with Crippen molar-refractivity contribution in [2.24, 2.45) is 0 Å². The smallest absolute Gasteiger partial charge is 0.339 e. The average molecular weight is 324 g/mol. The summed E-state index contributed by atoms with van der Waals surface area (Å²) in [5, 5.41) is 17.6. The van der Waals surface area contributed by atoms with E-state index in [9.17, 15) is 8.42 Å². The number of nitriles is 2. The molecule has 0 radical (unpaired) electrons. The molecule has 6 heteroatoms. The van der Waals surface area contributed by atoms with Crippen molar-refractivity contribution in [2.45, 2.75) is 11.8 Å². The van der Waals surface area contributed by atoms with E-state index in [4.69, 9.17) is 14.7 Å². The van der Waals surface area contributed by atoms with Crippen molar-refractivity contribution in [3.8, 4) is 17.9 Å². The Morgan fingerprint density at radius 2 is 1.65 bits per heavy atom. The minimum absolute atomic E-state index is 0.0303. The van der Waals surface area contributed by atoms with Crippen molar-refractivity contribution in [2.75, 3.05) is 0 Å². The van der Waals surface area contributed by atoms with Crippen LogP contribution in [-0.2, 0) is 10.1 Å². The number of hydrogen-bond donors (Lipinski definition) is 0. The van der Waals surface area contributed by atoms with Crippen LogP contribution in [0.5, 0.6) is 5.75 Å². The molecule has 2 aromatic rings. The normalized spacial score (nSPS) is 10.2. The quantitative estimate of drug-likeness (QED) is 0.636. The van der Waals surface area contributed by atoms with Crippen molar-refractivity contribution in [3.63, 3.8) is 0 Å². The molecule has 2 aromatic carbocycles. The van der Waals surface area contributed by atoms with E-state index in [1.54, 1.807) is 42.5 Å². The first-order chi connectivity index (χ1) is 11.0. The van der Waals surface area contributed by atoms with Gasteiger partial charge in [0.2, 0.25) is 0 Å². The van der Waals surface area contributed by atoms with E-state index in [0.717, 1.165) is 5.56 Å². The summed E-state index contributed by atoms with van der Waals surface area (Å²) in [5.41, 5.74) is 1.12. The summed E-state index contributed by atoms with van der Waals surface area (Å²) in [6, 6.07) is 16.0. The third kappa shape index (κ3) is 3.97. The fourth-order valence-electron chi connectivity index (χ4n) is 1.79. The van der Waals surface area contributed by atoms with Gasteiger partial charge in [0.05, 0.1) is 0 Å². The Kier molecular flexibility index (Phi) is 4.80. The summed E-state index contributed by atoms with van der Waals surface area (Å²) in [6.07, 6.45) is 1.28. The minimum Gasteiger partial charge on any atom is -0.378 e. The molecule has 0 amide bonds. The highest BCUT2D eigenvalue weighted by Gasteiger charge is 2.17. The van der Waals surface area contributed by atoms with Crippen LogP contribution in [-0.4, -0.2) is 8.42 Å². The molecule has 0 atom stereocenters. The number of allylic oxidation sites excluding steroid dienone is 1. The molecule has 0 bridgehead atoms. The maximum atomic E-state index is 12.3. The molecule has 0 saturated carbocycles. The van der Waals surface area contributed by atoms with Gasteiger partial charge in [0, 0.05) is 5.56 Å². The van der Waals surface area contributed by atoms with E-state index in [1.807, 2.05) is 6.92 Å². The highest BCUT2D eigenvalue weighted by molar-refractivity contribution is 7.87. The van der Waals surface area contributed by atoms with Gasteiger partial charge >= 0.3 is 10.1 Å². The Morgan fingerprint density at radius 3 is 2.26 bits per heavy atom. The first-order valence-corrected chi connectivity index (χ1v) is 7.99. The lowest BCUT2D eigenvalue weighted by Gasteiger charge is -2.09. The fourth-order valence-corrected chi connectivity index (χ4v) is 2.75. The molecule has 0 aromatic heterocycles. The minimum atomic E-state index is -4.00. The van der Waals surface area contributed by atoms with E-state index in [1.165, 1.54) is 24.3 Å². The van der Waals surface area contributed by atoms with E-state index in [-0.39, 0.29) is 16.2 Å². The summed E-state index contributed by atoms with van der Waals surface area (Å²) >= 11 is 0.